The van der Waals surface area contributed by atoms with E-state index < -0.39 is 11.9 Å². The smallest absolute Gasteiger partial charge is 0.308 e. The molecule has 0 heterocycles. The third-order valence-electron chi connectivity index (χ3n) is 5.87. The topological polar surface area (TPSA) is 84.9 Å². The number of esters is 1. The lowest BCUT2D eigenvalue weighted by Crippen LogP contribution is -2.13. The first-order valence-electron chi connectivity index (χ1n) is 13.1. The van der Waals surface area contributed by atoms with Crippen LogP contribution >= 0.6 is 0 Å². The highest BCUT2D eigenvalue weighted by atomic mass is 16.5. The van der Waals surface area contributed by atoms with E-state index in [1.807, 2.05) is 18.2 Å². The van der Waals surface area contributed by atoms with Crippen molar-refractivity contribution in [1.82, 2.24) is 0 Å². The van der Waals surface area contributed by atoms with Gasteiger partial charge in [-0.3, -0.25) is 9.59 Å². The molecular weight excluding hydrogens is 442 g/mol. The van der Waals surface area contributed by atoms with Crippen molar-refractivity contribution in [1.29, 1.82) is 0 Å². The number of para-hydroxylation sites is 2. The monoisotopic (exact) mass is 483 g/mol. The van der Waals surface area contributed by atoms with E-state index in [2.05, 4.69) is 12.2 Å². The largest absolute Gasteiger partial charge is 0.507 e. The van der Waals surface area contributed by atoms with Crippen LogP contribution in [0.15, 0.2) is 42.5 Å². The van der Waals surface area contributed by atoms with E-state index in [0.29, 0.717) is 18.0 Å². The zero-order valence-corrected chi connectivity index (χ0v) is 21.3. The third kappa shape index (κ3) is 11.3. The zero-order valence-electron chi connectivity index (χ0n) is 21.3. The maximum absolute atomic E-state index is 12.7. The lowest BCUT2D eigenvalue weighted by atomic mass is 10.1. The number of unbranched alkanes of at least 4 members (excludes halogenated alkanes) is 11. The highest BCUT2D eigenvalue weighted by Crippen LogP contribution is 2.28. The summed E-state index contributed by atoms with van der Waals surface area (Å²) < 4.78 is 10.9. The van der Waals surface area contributed by atoms with E-state index in [1.165, 1.54) is 89.3 Å². The number of phenols is 1. The molecule has 6 heteroatoms. The summed E-state index contributed by atoms with van der Waals surface area (Å²) in [6.45, 7) is 4.11. The molecule has 0 saturated heterocycles. The third-order valence-corrected chi connectivity index (χ3v) is 5.87. The molecule has 0 unspecified atom stereocenters. The molecular formula is C29H41NO5. The molecule has 0 aliphatic rings. The van der Waals surface area contributed by atoms with Crippen LogP contribution in [0, 0.1) is 0 Å². The Bertz CT molecular complexity index is 912. The number of rotatable bonds is 17. The summed E-state index contributed by atoms with van der Waals surface area (Å²) >= 11 is 0. The second kappa shape index (κ2) is 16.6. The number of anilines is 1. The molecule has 2 N–H and O–H groups in total. The van der Waals surface area contributed by atoms with E-state index in [4.69, 9.17) is 9.47 Å². The number of carbonyl (C=O) groups is 2. The molecule has 0 aliphatic carbocycles. The van der Waals surface area contributed by atoms with Crippen molar-refractivity contribution in [2.24, 2.45) is 0 Å². The summed E-state index contributed by atoms with van der Waals surface area (Å²) in [5, 5.41) is 13.0. The maximum Gasteiger partial charge on any atom is 0.308 e. The van der Waals surface area contributed by atoms with Crippen molar-refractivity contribution in [2.75, 3.05) is 11.9 Å². The lowest BCUT2D eigenvalue weighted by molar-refractivity contribution is -0.131. The van der Waals surface area contributed by atoms with Crippen LogP contribution in [-0.4, -0.2) is 23.6 Å². The Morgan fingerprint density at radius 1 is 0.829 bits per heavy atom. The SMILES string of the molecule is CCCCCCCCCCCCCCOc1ccccc1NC(=O)c1ccc(OC(C)=O)cc1O. The first-order valence-corrected chi connectivity index (χ1v) is 13.1. The number of ether oxygens (including phenoxy) is 2. The molecule has 0 aliphatic heterocycles. The Labute approximate surface area is 210 Å². The van der Waals surface area contributed by atoms with Crippen LogP contribution in [0.4, 0.5) is 5.69 Å². The minimum atomic E-state index is -0.499. The highest BCUT2D eigenvalue weighted by Gasteiger charge is 2.15. The van der Waals surface area contributed by atoms with E-state index in [1.54, 1.807) is 6.07 Å². The molecule has 2 aromatic rings. The van der Waals surface area contributed by atoms with Gasteiger partial charge in [0.05, 0.1) is 17.9 Å². The van der Waals surface area contributed by atoms with Crippen molar-refractivity contribution in [2.45, 2.75) is 90.9 Å². The van der Waals surface area contributed by atoms with Crippen molar-refractivity contribution in [3.63, 3.8) is 0 Å². The molecule has 0 atom stereocenters. The average Bonchev–Trinajstić information content (AvgIpc) is 2.82. The number of hydrogen-bond donors (Lipinski definition) is 2. The summed E-state index contributed by atoms with van der Waals surface area (Å²) in [7, 11) is 0. The molecule has 0 fully saturated rings. The zero-order chi connectivity index (χ0) is 25.3. The van der Waals surface area contributed by atoms with Crippen molar-refractivity contribution >= 4 is 17.6 Å². The van der Waals surface area contributed by atoms with Gasteiger partial charge in [0.15, 0.2) is 0 Å². The predicted octanol–water partition coefficient (Wildman–Crippen LogP) is 7.65. The Morgan fingerprint density at radius 3 is 2.03 bits per heavy atom. The second-order valence-corrected chi connectivity index (χ2v) is 8.96. The fourth-order valence-corrected chi connectivity index (χ4v) is 3.94. The van der Waals surface area contributed by atoms with E-state index in [-0.39, 0.29) is 17.1 Å². The first kappa shape index (κ1) is 28.2. The Balaban J connectivity index is 1.69. The molecule has 0 radical (unpaired) electrons. The number of aromatic hydroxyl groups is 1. The van der Waals surface area contributed by atoms with E-state index in [0.717, 1.165) is 12.8 Å². The summed E-state index contributed by atoms with van der Waals surface area (Å²) in [5.41, 5.74) is 0.622. The fourth-order valence-electron chi connectivity index (χ4n) is 3.94. The predicted molar refractivity (Wildman–Crippen MR) is 140 cm³/mol. The molecule has 0 saturated carbocycles. The van der Waals surface area contributed by atoms with Crippen molar-refractivity contribution in [3.05, 3.63) is 48.0 Å². The number of carbonyl (C=O) groups excluding carboxylic acids is 2. The summed E-state index contributed by atoms with van der Waals surface area (Å²) in [4.78, 5) is 23.7. The fraction of sp³-hybridized carbons (Fsp3) is 0.517. The van der Waals surface area contributed by atoms with Gasteiger partial charge in [-0.1, -0.05) is 89.7 Å². The Kier molecular flexibility index (Phi) is 13.4. The van der Waals surface area contributed by atoms with Crippen LogP contribution in [0.3, 0.4) is 0 Å². The van der Waals surface area contributed by atoms with Gasteiger partial charge in [-0.2, -0.15) is 0 Å². The summed E-state index contributed by atoms with van der Waals surface area (Å²) in [6.07, 6.45) is 15.5. The number of phenolic OH excluding ortho intramolecular Hbond substituents is 1. The van der Waals surface area contributed by atoms with Crippen LogP contribution in [-0.2, 0) is 4.79 Å². The van der Waals surface area contributed by atoms with Gasteiger partial charge in [0.1, 0.15) is 17.2 Å². The second-order valence-electron chi connectivity index (χ2n) is 8.96. The molecule has 0 spiro atoms. The Morgan fingerprint density at radius 2 is 1.43 bits per heavy atom. The molecule has 2 aromatic carbocycles. The van der Waals surface area contributed by atoms with Crippen LogP contribution in [0.25, 0.3) is 0 Å². The maximum atomic E-state index is 12.7. The van der Waals surface area contributed by atoms with Gasteiger partial charge in [-0.05, 0) is 30.7 Å². The average molecular weight is 484 g/mol. The molecule has 0 aromatic heterocycles. The van der Waals surface area contributed by atoms with Gasteiger partial charge >= 0.3 is 5.97 Å². The highest BCUT2D eigenvalue weighted by molar-refractivity contribution is 6.06. The first-order chi connectivity index (χ1) is 17.0. The molecule has 1 amide bonds. The van der Waals surface area contributed by atoms with E-state index in [9.17, 15) is 14.7 Å². The van der Waals surface area contributed by atoms with Crippen LogP contribution in [0.5, 0.6) is 17.2 Å². The normalized spacial score (nSPS) is 10.7. The van der Waals surface area contributed by atoms with Gasteiger partial charge in [-0.15, -0.1) is 0 Å². The van der Waals surface area contributed by atoms with Crippen LogP contribution in [0.2, 0.25) is 0 Å². The molecule has 35 heavy (non-hydrogen) atoms. The van der Waals surface area contributed by atoms with Gasteiger partial charge in [0.2, 0.25) is 0 Å². The number of hydrogen-bond acceptors (Lipinski definition) is 5. The summed E-state index contributed by atoms with van der Waals surface area (Å²) in [5.74, 6) is -0.465. The number of benzene rings is 2. The lowest BCUT2D eigenvalue weighted by Gasteiger charge is -2.13. The quantitative estimate of drug-likeness (QED) is 0.137. The molecule has 0 bridgehead atoms. The summed E-state index contributed by atoms with van der Waals surface area (Å²) in [6, 6.07) is 11.4. The minimum absolute atomic E-state index is 0.0802. The van der Waals surface area contributed by atoms with Gasteiger partial charge in [-0.25, -0.2) is 0 Å². The van der Waals surface area contributed by atoms with Crippen molar-refractivity contribution < 1.29 is 24.2 Å². The van der Waals surface area contributed by atoms with Gasteiger partial charge < -0.3 is 19.9 Å². The standard InChI is InChI=1S/C29H41NO5/c1-3-4-5-6-7-8-9-10-11-12-13-16-21-34-28-18-15-14-17-26(28)30-29(33)25-20-19-24(22-27(25)32)35-23(2)31/h14-15,17-20,22,32H,3-13,16,21H2,1-2H3,(H,30,33). The van der Waals surface area contributed by atoms with Gasteiger partial charge in [0, 0.05) is 13.0 Å². The molecule has 2 rings (SSSR count). The molecule has 6 nitrogen and oxygen atoms in total. The molecule has 192 valence electrons. The van der Waals surface area contributed by atoms with Crippen LogP contribution in [0.1, 0.15) is 101 Å². The number of nitrogens with one attached hydrogen (secondary N) is 1. The van der Waals surface area contributed by atoms with Crippen molar-refractivity contribution in [3.8, 4) is 17.2 Å². The van der Waals surface area contributed by atoms with Gasteiger partial charge in [0.25, 0.3) is 5.91 Å². The number of amides is 1. The van der Waals surface area contributed by atoms with Crippen LogP contribution < -0.4 is 14.8 Å². The Hall–Kier alpha value is -3.02. The van der Waals surface area contributed by atoms with E-state index >= 15 is 0 Å². The minimum Gasteiger partial charge on any atom is -0.507 e.